The van der Waals surface area contributed by atoms with E-state index in [4.69, 9.17) is 9.26 Å². The standard InChI is InChI=1S/C32H31F2NO3/c1-3-37-31(36)28-19-27(28)25-13-9-23(10-14-25)24-11-15-26(16-12-24)30-29(21(2)35-38-30)20-32(33,34)18-17-22-7-5-4-6-8-22/h4-16,27-28H,3,17-20H2,1-2H3/t27-,28-/m1/s1. The molecule has 4 aromatic rings. The lowest BCUT2D eigenvalue weighted by Gasteiger charge is -2.16. The van der Waals surface area contributed by atoms with Gasteiger partial charge >= 0.3 is 5.97 Å². The van der Waals surface area contributed by atoms with Crippen LogP contribution in [0.4, 0.5) is 8.78 Å². The fourth-order valence-electron chi connectivity index (χ4n) is 4.95. The van der Waals surface area contributed by atoms with E-state index < -0.39 is 12.3 Å². The summed E-state index contributed by atoms with van der Waals surface area (Å²) >= 11 is 0. The number of hydrogen-bond donors (Lipinski definition) is 0. The number of carbonyl (C=O) groups excluding carboxylic acids is 1. The van der Waals surface area contributed by atoms with Gasteiger partial charge in [0.05, 0.1) is 18.2 Å². The first-order valence-corrected chi connectivity index (χ1v) is 13.1. The lowest BCUT2D eigenvalue weighted by Crippen LogP contribution is -2.21. The van der Waals surface area contributed by atoms with Crippen LogP contribution >= 0.6 is 0 Å². The second kappa shape index (κ2) is 10.9. The van der Waals surface area contributed by atoms with Crippen molar-refractivity contribution in [1.29, 1.82) is 0 Å². The summed E-state index contributed by atoms with van der Waals surface area (Å²) in [5.41, 5.74) is 5.72. The normalized spacial score (nSPS) is 16.8. The van der Waals surface area contributed by atoms with Crippen LogP contribution in [0.3, 0.4) is 0 Å². The van der Waals surface area contributed by atoms with Crippen molar-refractivity contribution in [3.63, 3.8) is 0 Å². The van der Waals surface area contributed by atoms with Crippen molar-refractivity contribution in [3.05, 3.63) is 101 Å². The summed E-state index contributed by atoms with van der Waals surface area (Å²) in [5.74, 6) is -2.42. The molecule has 38 heavy (non-hydrogen) atoms. The molecule has 1 saturated carbocycles. The Morgan fingerprint density at radius 2 is 1.61 bits per heavy atom. The molecule has 0 aliphatic heterocycles. The average molecular weight is 516 g/mol. The minimum Gasteiger partial charge on any atom is -0.466 e. The van der Waals surface area contributed by atoms with Crippen molar-refractivity contribution in [3.8, 4) is 22.5 Å². The number of aryl methyl sites for hydroxylation is 2. The summed E-state index contributed by atoms with van der Waals surface area (Å²) in [4.78, 5) is 11.9. The van der Waals surface area contributed by atoms with Gasteiger partial charge in [-0.25, -0.2) is 8.78 Å². The monoisotopic (exact) mass is 515 g/mol. The molecule has 1 heterocycles. The number of benzene rings is 3. The molecule has 0 saturated heterocycles. The second-order valence-electron chi connectivity index (χ2n) is 9.99. The lowest BCUT2D eigenvalue weighted by atomic mass is 9.96. The predicted octanol–water partition coefficient (Wildman–Crippen LogP) is 7.79. The molecule has 3 aromatic carbocycles. The molecule has 0 bridgehead atoms. The highest BCUT2D eigenvalue weighted by molar-refractivity contribution is 5.77. The number of ether oxygens (including phenoxy) is 1. The molecular weight excluding hydrogens is 484 g/mol. The quantitative estimate of drug-likeness (QED) is 0.202. The summed E-state index contributed by atoms with van der Waals surface area (Å²) in [6.45, 7) is 3.93. The number of esters is 1. The highest BCUT2D eigenvalue weighted by atomic mass is 19.3. The summed E-state index contributed by atoms with van der Waals surface area (Å²) in [6.07, 6.45) is 0.487. The third-order valence-corrected chi connectivity index (χ3v) is 7.24. The molecule has 0 N–H and O–H groups in total. The number of carbonyl (C=O) groups is 1. The summed E-state index contributed by atoms with van der Waals surface area (Å²) in [5, 5.41) is 4.00. The number of rotatable bonds is 10. The van der Waals surface area contributed by atoms with Crippen molar-refractivity contribution in [2.75, 3.05) is 6.61 Å². The van der Waals surface area contributed by atoms with E-state index in [9.17, 15) is 13.6 Å². The highest BCUT2D eigenvalue weighted by Gasteiger charge is 2.45. The number of halogens is 2. The molecule has 0 spiro atoms. The Hall–Kier alpha value is -3.80. The van der Waals surface area contributed by atoms with Gasteiger partial charge in [-0.15, -0.1) is 0 Å². The number of alkyl halides is 2. The van der Waals surface area contributed by atoms with Crippen LogP contribution < -0.4 is 0 Å². The summed E-state index contributed by atoms with van der Waals surface area (Å²) in [6, 6.07) is 25.2. The van der Waals surface area contributed by atoms with E-state index in [1.54, 1.807) is 6.92 Å². The van der Waals surface area contributed by atoms with Gasteiger partial charge in [0.15, 0.2) is 5.76 Å². The maximum absolute atomic E-state index is 14.9. The molecule has 0 amide bonds. The molecule has 2 atom stereocenters. The van der Waals surface area contributed by atoms with E-state index >= 15 is 0 Å². The number of nitrogens with zero attached hydrogens (tertiary/aromatic N) is 1. The van der Waals surface area contributed by atoms with Crippen molar-refractivity contribution in [2.45, 2.75) is 51.4 Å². The zero-order chi connectivity index (χ0) is 26.7. The van der Waals surface area contributed by atoms with Gasteiger partial charge in [-0.05, 0) is 54.9 Å². The van der Waals surface area contributed by atoms with E-state index in [-0.39, 0.29) is 24.2 Å². The lowest BCUT2D eigenvalue weighted by molar-refractivity contribution is -0.144. The van der Waals surface area contributed by atoms with Crippen LogP contribution in [0.1, 0.15) is 48.1 Å². The molecule has 0 unspecified atom stereocenters. The minimum absolute atomic E-state index is 0.0367. The second-order valence-corrected chi connectivity index (χ2v) is 9.99. The van der Waals surface area contributed by atoms with Crippen molar-refractivity contribution < 1.29 is 22.8 Å². The molecule has 0 radical (unpaired) electrons. The molecule has 4 nitrogen and oxygen atoms in total. The van der Waals surface area contributed by atoms with Crippen LogP contribution in [-0.4, -0.2) is 23.7 Å². The molecule has 196 valence electrons. The molecule has 1 aromatic heterocycles. The van der Waals surface area contributed by atoms with Crippen LogP contribution in [0.15, 0.2) is 83.4 Å². The van der Waals surface area contributed by atoms with Gasteiger partial charge in [0, 0.05) is 24.0 Å². The topological polar surface area (TPSA) is 52.3 Å². The van der Waals surface area contributed by atoms with Crippen LogP contribution in [-0.2, 0) is 22.4 Å². The molecule has 1 fully saturated rings. The highest BCUT2D eigenvalue weighted by Crippen LogP contribution is 2.48. The van der Waals surface area contributed by atoms with Gasteiger partial charge < -0.3 is 9.26 Å². The number of hydrogen-bond acceptors (Lipinski definition) is 4. The molecule has 5 rings (SSSR count). The Bertz CT molecular complexity index is 1380. The molecule has 1 aliphatic carbocycles. The largest absolute Gasteiger partial charge is 0.466 e. The first-order valence-electron chi connectivity index (χ1n) is 13.1. The zero-order valence-corrected chi connectivity index (χ0v) is 21.6. The Morgan fingerprint density at radius 1 is 0.974 bits per heavy atom. The average Bonchev–Trinajstić information content (AvgIpc) is 3.66. The van der Waals surface area contributed by atoms with Crippen LogP contribution in [0.5, 0.6) is 0 Å². The maximum Gasteiger partial charge on any atom is 0.309 e. The van der Waals surface area contributed by atoms with Crippen LogP contribution in [0.25, 0.3) is 22.5 Å². The van der Waals surface area contributed by atoms with Gasteiger partial charge in [-0.3, -0.25) is 4.79 Å². The van der Waals surface area contributed by atoms with Crippen LogP contribution in [0.2, 0.25) is 0 Å². The van der Waals surface area contributed by atoms with Gasteiger partial charge in [0.2, 0.25) is 0 Å². The van der Waals surface area contributed by atoms with E-state index in [1.807, 2.05) is 73.7 Å². The number of aromatic nitrogens is 1. The van der Waals surface area contributed by atoms with Gasteiger partial charge in [0.1, 0.15) is 0 Å². The van der Waals surface area contributed by atoms with Gasteiger partial charge in [0.25, 0.3) is 5.92 Å². The zero-order valence-electron chi connectivity index (χ0n) is 21.6. The van der Waals surface area contributed by atoms with Crippen molar-refractivity contribution in [2.24, 2.45) is 5.92 Å². The predicted molar refractivity (Wildman–Crippen MR) is 143 cm³/mol. The Kier molecular flexibility index (Phi) is 7.41. The molecule has 1 aliphatic rings. The first-order chi connectivity index (χ1) is 18.3. The SMILES string of the molecule is CCOC(=O)[C@@H]1C[C@@H]1c1ccc(-c2ccc(-c3onc(C)c3CC(F)(F)CCc3ccccc3)cc2)cc1. The Morgan fingerprint density at radius 3 is 2.26 bits per heavy atom. The van der Waals surface area contributed by atoms with E-state index in [0.29, 0.717) is 30.0 Å². The van der Waals surface area contributed by atoms with Crippen LogP contribution in [0, 0.1) is 12.8 Å². The van der Waals surface area contributed by atoms with Gasteiger partial charge in [-0.1, -0.05) is 84.0 Å². The van der Waals surface area contributed by atoms with Gasteiger partial charge in [-0.2, -0.15) is 0 Å². The van der Waals surface area contributed by atoms with E-state index in [0.717, 1.165) is 34.2 Å². The summed E-state index contributed by atoms with van der Waals surface area (Å²) < 4.78 is 40.5. The third kappa shape index (κ3) is 5.85. The fourth-order valence-corrected chi connectivity index (χ4v) is 4.95. The first kappa shape index (κ1) is 25.8. The van der Waals surface area contributed by atoms with Crippen molar-refractivity contribution in [1.82, 2.24) is 5.16 Å². The minimum atomic E-state index is -2.88. The van der Waals surface area contributed by atoms with E-state index in [1.165, 1.54) is 0 Å². The molecular formula is C32H31F2NO3. The smallest absolute Gasteiger partial charge is 0.309 e. The third-order valence-electron chi connectivity index (χ3n) is 7.24. The summed E-state index contributed by atoms with van der Waals surface area (Å²) in [7, 11) is 0. The maximum atomic E-state index is 14.9. The Balaban J connectivity index is 1.26. The fraction of sp³-hybridized carbons (Fsp3) is 0.312. The van der Waals surface area contributed by atoms with Crippen molar-refractivity contribution >= 4 is 5.97 Å². The molecule has 6 heteroatoms. The van der Waals surface area contributed by atoms with E-state index in [2.05, 4.69) is 17.3 Å². The Labute approximate surface area is 221 Å².